The van der Waals surface area contributed by atoms with Gasteiger partial charge in [0.25, 0.3) is 0 Å². The maximum Gasteiger partial charge on any atom is 0.219 e. The number of nitrogens with one attached hydrogen (secondary N) is 1. The summed E-state index contributed by atoms with van der Waals surface area (Å²) < 4.78 is 0. The first-order valence-corrected chi connectivity index (χ1v) is 7.92. The van der Waals surface area contributed by atoms with Crippen LogP contribution in [0.25, 0.3) is 0 Å². The molecule has 0 saturated carbocycles. The summed E-state index contributed by atoms with van der Waals surface area (Å²) in [4.78, 5) is 15.7. The van der Waals surface area contributed by atoms with Crippen LogP contribution < -0.4 is 10.2 Å². The molecule has 4 heteroatoms. The van der Waals surface area contributed by atoms with E-state index in [9.17, 15) is 4.79 Å². The third-order valence-electron chi connectivity index (χ3n) is 4.16. The number of benzene rings is 1. The average Bonchev–Trinajstić information content (AvgIpc) is 2.49. The minimum absolute atomic E-state index is 0.183. The van der Waals surface area contributed by atoms with Crippen LogP contribution in [-0.4, -0.2) is 43.5 Å². The van der Waals surface area contributed by atoms with Gasteiger partial charge in [-0.25, -0.2) is 0 Å². The van der Waals surface area contributed by atoms with Gasteiger partial charge in [0.1, 0.15) is 0 Å². The minimum atomic E-state index is 0.183. The molecule has 2 rings (SSSR count). The molecule has 21 heavy (non-hydrogen) atoms. The van der Waals surface area contributed by atoms with Crippen molar-refractivity contribution in [1.82, 2.24) is 10.2 Å². The zero-order valence-electron chi connectivity index (χ0n) is 13.5. The fourth-order valence-corrected chi connectivity index (χ4v) is 2.75. The smallest absolute Gasteiger partial charge is 0.219 e. The topological polar surface area (TPSA) is 35.6 Å². The molecule has 0 atom stereocenters. The second kappa shape index (κ2) is 7.46. The van der Waals surface area contributed by atoms with E-state index in [1.54, 1.807) is 6.92 Å². The molecule has 0 radical (unpaired) electrons. The van der Waals surface area contributed by atoms with Crippen molar-refractivity contribution in [3.63, 3.8) is 0 Å². The summed E-state index contributed by atoms with van der Waals surface area (Å²) in [6.45, 7) is 11.5. The molecule has 0 aromatic heterocycles. The van der Waals surface area contributed by atoms with Crippen molar-refractivity contribution in [1.29, 1.82) is 0 Å². The van der Waals surface area contributed by atoms with Crippen LogP contribution in [0.15, 0.2) is 18.2 Å². The van der Waals surface area contributed by atoms with Crippen LogP contribution in [0.3, 0.4) is 0 Å². The molecule has 0 bridgehead atoms. The zero-order valence-corrected chi connectivity index (χ0v) is 13.5. The Morgan fingerprint density at radius 3 is 2.52 bits per heavy atom. The van der Waals surface area contributed by atoms with Gasteiger partial charge in [0, 0.05) is 45.3 Å². The van der Waals surface area contributed by atoms with Gasteiger partial charge in [-0.2, -0.15) is 0 Å². The third kappa shape index (κ3) is 4.21. The van der Waals surface area contributed by atoms with Crippen LogP contribution in [0.5, 0.6) is 0 Å². The number of piperazine rings is 1. The highest BCUT2D eigenvalue weighted by atomic mass is 16.2. The van der Waals surface area contributed by atoms with Crippen LogP contribution in [0.4, 0.5) is 5.69 Å². The van der Waals surface area contributed by atoms with Crippen LogP contribution in [0.2, 0.25) is 0 Å². The number of hydrogen-bond donors (Lipinski definition) is 1. The van der Waals surface area contributed by atoms with Crippen molar-refractivity contribution in [2.24, 2.45) is 0 Å². The molecule has 1 amide bonds. The average molecular weight is 289 g/mol. The number of carbonyl (C=O) groups is 1. The quantitative estimate of drug-likeness (QED) is 0.844. The van der Waals surface area contributed by atoms with Gasteiger partial charge >= 0.3 is 0 Å². The Labute approximate surface area is 128 Å². The molecule has 1 aliphatic rings. The number of rotatable bonds is 5. The SMILES string of the molecule is CCCNCc1ccc(N2CCN(C(C)=O)CC2)cc1C. The van der Waals surface area contributed by atoms with Crippen molar-refractivity contribution in [3.05, 3.63) is 29.3 Å². The van der Waals surface area contributed by atoms with Gasteiger partial charge in [-0.05, 0) is 43.1 Å². The highest BCUT2D eigenvalue weighted by Crippen LogP contribution is 2.20. The largest absolute Gasteiger partial charge is 0.368 e. The number of carbonyl (C=O) groups excluding carboxylic acids is 1. The van der Waals surface area contributed by atoms with E-state index in [1.807, 2.05) is 4.90 Å². The predicted molar refractivity (Wildman–Crippen MR) is 87.6 cm³/mol. The molecule has 4 nitrogen and oxygen atoms in total. The van der Waals surface area contributed by atoms with Crippen molar-refractivity contribution >= 4 is 11.6 Å². The van der Waals surface area contributed by atoms with Crippen LogP contribution in [0.1, 0.15) is 31.4 Å². The van der Waals surface area contributed by atoms with Gasteiger partial charge in [0.2, 0.25) is 5.91 Å². The molecule has 1 heterocycles. The predicted octanol–water partition coefficient (Wildman–Crippen LogP) is 2.16. The summed E-state index contributed by atoms with van der Waals surface area (Å²) in [5.74, 6) is 0.183. The fraction of sp³-hybridized carbons (Fsp3) is 0.588. The Bertz CT molecular complexity index is 479. The summed E-state index contributed by atoms with van der Waals surface area (Å²) in [7, 11) is 0. The lowest BCUT2D eigenvalue weighted by Crippen LogP contribution is -2.48. The lowest BCUT2D eigenvalue weighted by Gasteiger charge is -2.36. The number of hydrogen-bond acceptors (Lipinski definition) is 3. The maximum atomic E-state index is 11.4. The Morgan fingerprint density at radius 1 is 1.24 bits per heavy atom. The first-order chi connectivity index (χ1) is 10.1. The van der Waals surface area contributed by atoms with E-state index in [-0.39, 0.29) is 5.91 Å². The molecule has 1 aromatic rings. The minimum Gasteiger partial charge on any atom is -0.368 e. The van der Waals surface area contributed by atoms with Crippen molar-refractivity contribution in [3.8, 4) is 0 Å². The molecule has 1 saturated heterocycles. The van der Waals surface area contributed by atoms with Gasteiger partial charge in [-0.3, -0.25) is 4.79 Å². The fourth-order valence-electron chi connectivity index (χ4n) is 2.75. The summed E-state index contributed by atoms with van der Waals surface area (Å²) in [5.41, 5.74) is 3.98. The molecule has 0 unspecified atom stereocenters. The number of nitrogens with zero attached hydrogens (tertiary/aromatic N) is 2. The van der Waals surface area contributed by atoms with Gasteiger partial charge < -0.3 is 15.1 Å². The molecular weight excluding hydrogens is 262 g/mol. The van der Waals surface area contributed by atoms with E-state index < -0.39 is 0 Å². The van der Waals surface area contributed by atoms with Crippen LogP contribution in [0, 0.1) is 6.92 Å². The number of anilines is 1. The molecule has 1 fully saturated rings. The second-order valence-corrected chi connectivity index (χ2v) is 5.78. The molecule has 116 valence electrons. The standard InChI is InChI=1S/C17H27N3O/c1-4-7-18-13-16-5-6-17(12-14(16)2)20-10-8-19(9-11-20)15(3)21/h5-6,12,18H,4,7-11,13H2,1-3H3. The van der Waals surface area contributed by atoms with Gasteiger partial charge in [-0.1, -0.05) is 13.0 Å². The Kier molecular flexibility index (Phi) is 5.62. The molecule has 0 aliphatic carbocycles. The lowest BCUT2D eigenvalue weighted by molar-refractivity contribution is -0.129. The second-order valence-electron chi connectivity index (χ2n) is 5.78. The molecule has 0 spiro atoms. The van der Waals surface area contributed by atoms with E-state index in [1.165, 1.54) is 16.8 Å². The number of aryl methyl sites for hydroxylation is 1. The van der Waals surface area contributed by atoms with E-state index in [4.69, 9.17) is 0 Å². The van der Waals surface area contributed by atoms with Crippen LogP contribution >= 0.6 is 0 Å². The van der Waals surface area contributed by atoms with Crippen molar-refractivity contribution < 1.29 is 4.79 Å². The van der Waals surface area contributed by atoms with Gasteiger partial charge in [0.05, 0.1) is 0 Å². The summed E-state index contributed by atoms with van der Waals surface area (Å²) in [5, 5.41) is 3.45. The van der Waals surface area contributed by atoms with Gasteiger partial charge in [0.15, 0.2) is 0 Å². The van der Waals surface area contributed by atoms with Crippen molar-refractivity contribution in [2.45, 2.75) is 33.7 Å². The zero-order chi connectivity index (χ0) is 15.2. The molecule has 1 aromatic carbocycles. The summed E-state index contributed by atoms with van der Waals surface area (Å²) in [6, 6.07) is 6.70. The third-order valence-corrected chi connectivity index (χ3v) is 4.16. The first kappa shape index (κ1) is 15.8. The normalized spacial score (nSPS) is 15.4. The Morgan fingerprint density at radius 2 is 1.95 bits per heavy atom. The Balaban J connectivity index is 1.95. The molecule has 1 N–H and O–H groups in total. The van der Waals surface area contributed by atoms with Crippen LogP contribution in [-0.2, 0) is 11.3 Å². The highest BCUT2D eigenvalue weighted by Gasteiger charge is 2.18. The summed E-state index contributed by atoms with van der Waals surface area (Å²) >= 11 is 0. The van der Waals surface area contributed by atoms with Gasteiger partial charge in [-0.15, -0.1) is 0 Å². The maximum absolute atomic E-state index is 11.4. The first-order valence-electron chi connectivity index (χ1n) is 7.92. The van der Waals surface area contributed by atoms with E-state index in [0.29, 0.717) is 0 Å². The molecular formula is C17H27N3O. The lowest BCUT2D eigenvalue weighted by atomic mass is 10.1. The van der Waals surface area contributed by atoms with E-state index >= 15 is 0 Å². The number of amides is 1. The summed E-state index contributed by atoms with van der Waals surface area (Å²) in [6.07, 6.45) is 1.16. The highest BCUT2D eigenvalue weighted by molar-refractivity contribution is 5.73. The monoisotopic (exact) mass is 289 g/mol. The van der Waals surface area contributed by atoms with E-state index in [0.717, 1.165) is 45.7 Å². The van der Waals surface area contributed by atoms with Crippen molar-refractivity contribution in [2.75, 3.05) is 37.6 Å². The Hall–Kier alpha value is -1.55. The van der Waals surface area contributed by atoms with E-state index in [2.05, 4.69) is 42.3 Å². The molecule has 1 aliphatic heterocycles.